The average Bonchev–Trinajstić information content (AvgIpc) is 2.98. The summed E-state index contributed by atoms with van der Waals surface area (Å²) in [7, 11) is 0. The Hall–Kier alpha value is -3.02. The maximum Gasteiger partial charge on any atom is 0.260 e. The summed E-state index contributed by atoms with van der Waals surface area (Å²) in [5.74, 6) is 0.602. The summed E-state index contributed by atoms with van der Waals surface area (Å²) < 4.78 is 5.93. The number of phenolic OH excluding ortho intramolecular Hbond substituents is 1. The second kappa shape index (κ2) is 9.41. The molecule has 0 unspecified atom stereocenters. The lowest BCUT2D eigenvalue weighted by Crippen LogP contribution is -2.39. The van der Waals surface area contributed by atoms with Crippen LogP contribution in [0.2, 0.25) is 0 Å². The van der Waals surface area contributed by atoms with Crippen LogP contribution in [0, 0.1) is 6.92 Å². The molecule has 166 valence electrons. The minimum Gasteiger partial charge on any atom is -0.508 e. The molecule has 1 fully saturated rings. The fraction of sp³-hybridized carbons (Fsp3) is 0.440. The molecule has 2 aromatic rings. The van der Waals surface area contributed by atoms with E-state index >= 15 is 0 Å². The highest BCUT2D eigenvalue weighted by atomic mass is 16.5. The Morgan fingerprint density at radius 2 is 1.71 bits per heavy atom. The molecule has 1 N–H and O–H groups in total. The Morgan fingerprint density at radius 1 is 1.00 bits per heavy atom. The van der Waals surface area contributed by atoms with Crippen LogP contribution in [-0.2, 0) is 10.2 Å². The van der Waals surface area contributed by atoms with Crippen LogP contribution >= 0.6 is 0 Å². The number of ether oxygens (including phenoxy) is 1. The minimum atomic E-state index is -0.129. The van der Waals surface area contributed by atoms with Crippen molar-refractivity contribution in [1.82, 2.24) is 9.80 Å². The van der Waals surface area contributed by atoms with E-state index in [4.69, 9.17) is 4.74 Å². The van der Waals surface area contributed by atoms with E-state index in [1.165, 1.54) is 6.07 Å². The van der Waals surface area contributed by atoms with Crippen molar-refractivity contribution in [3.8, 4) is 11.5 Å². The number of benzene rings is 2. The van der Waals surface area contributed by atoms with E-state index in [2.05, 4.69) is 26.8 Å². The van der Waals surface area contributed by atoms with Crippen molar-refractivity contribution in [2.24, 2.45) is 0 Å². The molecule has 3 rings (SSSR count). The second-order valence-electron chi connectivity index (χ2n) is 9.12. The van der Waals surface area contributed by atoms with Crippen molar-refractivity contribution in [3.05, 3.63) is 59.2 Å². The molecule has 0 saturated carbocycles. The zero-order valence-electron chi connectivity index (χ0n) is 18.9. The van der Waals surface area contributed by atoms with Gasteiger partial charge in [0, 0.05) is 31.7 Å². The third-order valence-corrected chi connectivity index (χ3v) is 5.52. The first kappa shape index (κ1) is 22.7. The lowest BCUT2D eigenvalue weighted by molar-refractivity contribution is -0.133. The molecule has 6 nitrogen and oxygen atoms in total. The number of aryl methyl sites for hydroxylation is 1. The van der Waals surface area contributed by atoms with Gasteiger partial charge in [-0.2, -0.15) is 0 Å². The standard InChI is InChI=1S/C25H32N2O4/c1-18-9-10-22(21(15-18)25(2,3)4)31-17-23(29)26-11-6-12-27(14-13-26)24(30)19-7-5-8-20(28)16-19/h5,7-10,15-16,28H,6,11-14,17H2,1-4H3. The van der Waals surface area contributed by atoms with Crippen molar-refractivity contribution in [2.45, 2.75) is 39.5 Å². The molecule has 0 aliphatic carbocycles. The molecule has 2 aromatic carbocycles. The van der Waals surface area contributed by atoms with Gasteiger partial charge in [-0.25, -0.2) is 0 Å². The third-order valence-electron chi connectivity index (χ3n) is 5.52. The molecule has 1 heterocycles. The van der Waals surface area contributed by atoms with Gasteiger partial charge < -0.3 is 19.6 Å². The molecule has 1 aliphatic heterocycles. The molecule has 1 saturated heterocycles. The zero-order chi connectivity index (χ0) is 22.6. The largest absolute Gasteiger partial charge is 0.508 e. The van der Waals surface area contributed by atoms with Gasteiger partial charge in [0.15, 0.2) is 6.61 Å². The van der Waals surface area contributed by atoms with Crippen LogP contribution in [0.1, 0.15) is 48.7 Å². The van der Waals surface area contributed by atoms with Gasteiger partial charge in [-0.15, -0.1) is 0 Å². The molecular weight excluding hydrogens is 392 g/mol. The molecule has 2 amide bonds. The summed E-state index contributed by atoms with van der Waals surface area (Å²) in [5, 5.41) is 9.63. The lowest BCUT2D eigenvalue weighted by Gasteiger charge is -2.25. The number of carbonyl (C=O) groups excluding carboxylic acids is 2. The Bertz CT molecular complexity index is 949. The van der Waals surface area contributed by atoms with Crippen LogP contribution in [0.15, 0.2) is 42.5 Å². The predicted octanol–water partition coefficient (Wildman–Crippen LogP) is 3.75. The highest BCUT2D eigenvalue weighted by Crippen LogP contribution is 2.32. The molecule has 0 atom stereocenters. The van der Waals surface area contributed by atoms with E-state index in [-0.39, 0.29) is 29.6 Å². The summed E-state index contributed by atoms with van der Waals surface area (Å²) in [6.07, 6.45) is 0.702. The number of carbonyl (C=O) groups is 2. The van der Waals surface area contributed by atoms with Gasteiger partial charge in [-0.05, 0) is 48.6 Å². The van der Waals surface area contributed by atoms with Crippen LogP contribution in [0.3, 0.4) is 0 Å². The number of hydrogen-bond acceptors (Lipinski definition) is 4. The van der Waals surface area contributed by atoms with E-state index in [1.54, 1.807) is 28.0 Å². The van der Waals surface area contributed by atoms with E-state index < -0.39 is 0 Å². The van der Waals surface area contributed by atoms with Crippen LogP contribution in [0.4, 0.5) is 0 Å². The van der Waals surface area contributed by atoms with Crippen LogP contribution in [0.5, 0.6) is 11.5 Å². The molecule has 6 heteroatoms. The van der Waals surface area contributed by atoms with Gasteiger partial charge in [0.25, 0.3) is 11.8 Å². The van der Waals surface area contributed by atoms with Crippen molar-refractivity contribution in [1.29, 1.82) is 0 Å². The fourth-order valence-corrected chi connectivity index (χ4v) is 3.78. The molecule has 1 aliphatic rings. The normalized spacial score (nSPS) is 14.8. The highest BCUT2D eigenvalue weighted by Gasteiger charge is 2.24. The number of amides is 2. The lowest BCUT2D eigenvalue weighted by atomic mass is 9.85. The fourth-order valence-electron chi connectivity index (χ4n) is 3.78. The number of nitrogens with zero attached hydrogens (tertiary/aromatic N) is 2. The molecule has 0 bridgehead atoms. The molecule has 0 aromatic heterocycles. The van der Waals surface area contributed by atoms with Crippen molar-refractivity contribution >= 4 is 11.8 Å². The number of hydrogen-bond donors (Lipinski definition) is 1. The summed E-state index contributed by atoms with van der Waals surface area (Å²) in [6, 6.07) is 12.4. The van der Waals surface area contributed by atoms with E-state index in [9.17, 15) is 14.7 Å². The monoisotopic (exact) mass is 424 g/mol. The van der Waals surface area contributed by atoms with Crippen molar-refractivity contribution < 1.29 is 19.4 Å². The second-order valence-corrected chi connectivity index (χ2v) is 9.12. The smallest absolute Gasteiger partial charge is 0.260 e. The topological polar surface area (TPSA) is 70.1 Å². The van der Waals surface area contributed by atoms with Gasteiger partial charge in [0.05, 0.1) is 0 Å². The Labute approximate surface area is 184 Å². The molecule has 0 spiro atoms. The Morgan fingerprint density at radius 3 is 2.42 bits per heavy atom. The number of phenols is 1. The van der Waals surface area contributed by atoms with Gasteiger partial charge >= 0.3 is 0 Å². The van der Waals surface area contributed by atoms with E-state index in [0.29, 0.717) is 38.2 Å². The predicted molar refractivity (Wildman–Crippen MR) is 121 cm³/mol. The Balaban J connectivity index is 1.60. The van der Waals surface area contributed by atoms with Crippen LogP contribution in [-0.4, -0.2) is 59.5 Å². The first-order valence-corrected chi connectivity index (χ1v) is 10.7. The quantitative estimate of drug-likeness (QED) is 0.812. The summed E-state index contributed by atoms with van der Waals surface area (Å²) >= 11 is 0. The SMILES string of the molecule is Cc1ccc(OCC(=O)N2CCCN(C(=O)c3cccc(O)c3)CC2)c(C(C)(C)C)c1. The average molecular weight is 425 g/mol. The van der Waals surface area contributed by atoms with Crippen molar-refractivity contribution in [2.75, 3.05) is 32.8 Å². The van der Waals surface area contributed by atoms with Gasteiger partial charge in [-0.1, -0.05) is 44.5 Å². The first-order chi connectivity index (χ1) is 14.6. The van der Waals surface area contributed by atoms with Crippen LogP contribution in [0.25, 0.3) is 0 Å². The summed E-state index contributed by atoms with van der Waals surface area (Å²) in [6.45, 7) is 10.5. The van der Waals surface area contributed by atoms with Crippen LogP contribution < -0.4 is 4.74 Å². The summed E-state index contributed by atoms with van der Waals surface area (Å²) in [4.78, 5) is 29.0. The maximum absolute atomic E-state index is 12.8. The summed E-state index contributed by atoms with van der Waals surface area (Å²) in [5.41, 5.74) is 2.61. The molecule has 0 radical (unpaired) electrons. The zero-order valence-corrected chi connectivity index (χ0v) is 18.9. The van der Waals surface area contributed by atoms with E-state index in [1.807, 2.05) is 19.1 Å². The number of rotatable bonds is 4. The first-order valence-electron chi connectivity index (χ1n) is 10.7. The van der Waals surface area contributed by atoms with Gasteiger partial charge in [-0.3, -0.25) is 9.59 Å². The van der Waals surface area contributed by atoms with Crippen molar-refractivity contribution in [3.63, 3.8) is 0 Å². The molecule has 31 heavy (non-hydrogen) atoms. The van der Waals surface area contributed by atoms with Gasteiger partial charge in [0.1, 0.15) is 11.5 Å². The van der Waals surface area contributed by atoms with E-state index in [0.717, 1.165) is 16.9 Å². The molecular formula is C25H32N2O4. The minimum absolute atomic E-state index is 0.0212. The third kappa shape index (κ3) is 5.78. The Kier molecular flexibility index (Phi) is 6.88. The maximum atomic E-state index is 12.8. The highest BCUT2D eigenvalue weighted by molar-refractivity contribution is 5.94. The number of aromatic hydroxyl groups is 1. The van der Waals surface area contributed by atoms with Gasteiger partial charge in [0.2, 0.25) is 0 Å².